The van der Waals surface area contributed by atoms with E-state index in [9.17, 15) is 4.91 Å². The number of hydrogen-bond acceptors (Lipinski definition) is 3. The lowest BCUT2D eigenvalue weighted by Crippen LogP contribution is -2.14. The fraction of sp³-hybridized carbons (Fsp3) is 0. The van der Waals surface area contributed by atoms with E-state index in [1.165, 1.54) is 12.3 Å². The third-order valence-corrected chi connectivity index (χ3v) is 1.02. The van der Waals surface area contributed by atoms with E-state index in [1.807, 2.05) is 0 Å². The molecule has 0 amide bonds. The van der Waals surface area contributed by atoms with E-state index in [0.717, 1.165) is 0 Å². The van der Waals surface area contributed by atoms with Crippen LogP contribution in [-0.4, -0.2) is 20.7 Å². The average molecular weight is 128 g/mol. The van der Waals surface area contributed by atoms with Crippen molar-refractivity contribution in [3.63, 3.8) is 0 Å². The van der Waals surface area contributed by atoms with Gasteiger partial charge < -0.3 is 0 Å². The van der Waals surface area contributed by atoms with Gasteiger partial charge in [-0.3, -0.25) is 4.98 Å². The van der Waals surface area contributed by atoms with Crippen molar-refractivity contribution in [2.24, 2.45) is 5.18 Å². The van der Waals surface area contributed by atoms with E-state index < -0.39 is 0 Å². The summed E-state index contributed by atoms with van der Waals surface area (Å²) in [5, 5.41) is 2.61. The molecular weight excluding hydrogens is 126 g/mol. The molecule has 10 heavy (non-hydrogen) atoms. The smallest absolute Gasteiger partial charge is 0.145 e. The van der Waals surface area contributed by atoms with Crippen molar-refractivity contribution in [3.05, 3.63) is 17.2 Å². The number of rotatable bonds is 1. The minimum Gasteiger partial charge on any atom is -0.271 e. The molecule has 0 saturated heterocycles. The highest BCUT2D eigenvalue weighted by Gasteiger charge is 1.96. The van der Waals surface area contributed by atoms with Gasteiger partial charge in [0.25, 0.3) is 0 Å². The van der Waals surface area contributed by atoms with Gasteiger partial charge in [0.1, 0.15) is 21.4 Å². The number of pyridine rings is 1. The van der Waals surface area contributed by atoms with Crippen LogP contribution in [0.4, 0.5) is 5.69 Å². The van der Waals surface area contributed by atoms with Crippen LogP contribution in [0, 0.1) is 4.91 Å². The molecule has 0 atom stereocenters. The van der Waals surface area contributed by atoms with Gasteiger partial charge in [0.05, 0.1) is 0 Å². The molecule has 0 aromatic carbocycles. The second-order valence-electron chi connectivity index (χ2n) is 1.76. The second kappa shape index (κ2) is 2.64. The van der Waals surface area contributed by atoms with Gasteiger partial charge >= 0.3 is 0 Å². The topological polar surface area (TPSA) is 42.3 Å². The van der Waals surface area contributed by atoms with Crippen LogP contribution in [0.5, 0.6) is 0 Å². The summed E-state index contributed by atoms with van der Waals surface area (Å²) in [7, 11) is 10.5. The fourth-order valence-electron chi connectivity index (χ4n) is 0.552. The Morgan fingerprint density at radius 2 is 2.20 bits per heavy atom. The molecule has 0 aliphatic carbocycles. The minimum absolute atomic E-state index is 0.0833. The Labute approximate surface area is 60.6 Å². The van der Waals surface area contributed by atoms with Crippen LogP contribution in [0.3, 0.4) is 0 Å². The molecule has 4 radical (unpaired) electrons. The number of nitroso groups, excluding NO2 is 1. The summed E-state index contributed by atoms with van der Waals surface area (Å²) in [5.41, 5.74) is 0.563. The number of nitrogens with zero attached hydrogens (tertiary/aromatic N) is 2. The molecule has 0 fully saturated rings. The van der Waals surface area contributed by atoms with Crippen LogP contribution >= 0.6 is 0 Å². The van der Waals surface area contributed by atoms with Crippen molar-refractivity contribution < 1.29 is 0 Å². The Morgan fingerprint density at radius 1 is 1.50 bits per heavy atom. The van der Waals surface area contributed by atoms with Gasteiger partial charge in [-0.15, -0.1) is 4.91 Å². The zero-order valence-corrected chi connectivity index (χ0v) is 5.11. The molecule has 5 heteroatoms. The van der Waals surface area contributed by atoms with Crippen molar-refractivity contribution in [2.45, 2.75) is 0 Å². The predicted molar refractivity (Wildman–Crippen MR) is 40.5 cm³/mol. The molecule has 3 nitrogen and oxygen atoms in total. The molecule has 44 valence electrons. The summed E-state index contributed by atoms with van der Waals surface area (Å²) in [6.45, 7) is 0. The van der Waals surface area contributed by atoms with E-state index in [0.29, 0.717) is 5.46 Å². The van der Waals surface area contributed by atoms with Crippen molar-refractivity contribution in [1.29, 1.82) is 0 Å². The van der Waals surface area contributed by atoms with Crippen LogP contribution in [0.1, 0.15) is 0 Å². The predicted octanol–water partition coefficient (Wildman–Crippen LogP) is -0.933. The van der Waals surface area contributed by atoms with E-state index in [-0.39, 0.29) is 11.3 Å². The van der Waals surface area contributed by atoms with Gasteiger partial charge in [0.2, 0.25) is 0 Å². The lowest BCUT2D eigenvalue weighted by Gasteiger charge is -1.95. The van der Waals surface area contributed by atoms with Gasteiger partial charge in [0.15, 0.2) is 0 Å². The third kappa shape index (κ3) is 1.23. The van der Waals surface area contributed by atoms with Crippen molar-refractivity contribution >= 4 is 32.4 Å². The van der Waals surface area contributed by atoms with Gasteiger partial charge in [-0.25, -0.2) is 0 Å². The van der Waals surface area contributed by atoms with Gasteiger partial charge in [0, 0.05) is 11.8 Å². The summed E-state index contributed by atoms with van der Waals surface area (Å²) < 4.78 is 0. The Kier molecular flexibility index (Phi) is 1.85. The molecule has 0 saturated carbocycles. The number of hydrogen-bond donors (Lipinski definition) is 0. The fourth-order valence-corrected chi connectivity index (χ4v) is 0.552. The third-order valence-electron chi connectivity index (χ3n) is 1.02. The average Bonchev–Trinajstić information content (AvgIpc) is 1.94. The lowest BCUT2D eigenvalue weighted by atomic mass is 9.94. The SMILES string of the molecule is [B]c1cnc([B])c(N=O)c1. The van der Waals surface area contributed by atoms with Crippen LogP contribution in [0.25, 0.3) is 0 Å². The Balaban J connectivity index is 3.21. The molecule has 0 bridgehead atoms. The van der Waals surface area contributed by atoms with E-state index in [2.05, 4.69) is 10.2 Å². The summed E-state index contributed by atoms with van der Waals surface area (Å²) in [6, 6.07) is 1.37. The highest BCUT2D eigenvalue weighted by molar-refractivity contribution is 6.36. The molecular formula is C5H2B2N2O. The molecule has 1 heterocycles. The zero-order valence-electron chi connectivity index (χ0n) is 5.11. The Hall–Kier alpha value is -1.12. The number of aromatic nitrogens is 1. The van der Waals surface area contributed by atoms with E-state index in [1.54, 1.807) is 0 Å². The van der Waals surface area contributed by atoms with Gasteiger partial charge in [-0.2, -0.15) is 0 Å². The maximum atomic E-state index is 9.95. The molecule has 0 spiro atoms. The molecule has 0 N–H and O–H groups in total. The van der Waals surface area contributed by atoms with Crippen molar-refractivity contribution in [2.75, 3.05) is 0 Å². The first-order valence-electron chi connectivity index (χ1n) is 2.58. The van der Waals surface area contributed by atoms with Crippen molar-refractivity contribution in [1.82, 2.24) is 4.98 Å². The molecule has 1 aromatic heterocycles. The summed E-state index contributed by atoms with van der Waals surface area (Å²) in [6.07, 6.45) is 1.37. The molecule has 1 rings (SSSR count). The largest absolute Gasteiger partial charge is 0.271 e. The summed E-state index contributed by atoms with van der Waals surface area (Å²) in [4.78, 5) is 13.6. The highest BCUT2D eigenvalue weighted by Crippen LogP contribution is 1.99. The summed E-state index contributed by atoms with van der Waals surface area (Å²) >= 11 is 0. The molecule has 0 aliphatic heterocycles. The monoisotopic (exact) mass is 128 g/mol. The van der Waals surface area contributed by atoms with Crippen LogP contribution in [-0.2, 0) is 0 Å². The van der Waals surface area contributed by atoms with Crippen LogP contribution in [0.2, 0.25) is 0 Å². The van der Waals surface area contributed by atoms with Crippen LogP contribution < -0.4 is 11.1 Å². The standard InChI is InChI=1S/C5H2B2N2O/c6-3-1-4(9-10)5(7)8-2-3/h1-2H. The lowest BCUT2D eigenvalue weighted by molar-refractivity contribution is 1.38. The van der Waals surface area contributed by atoms with Gasteiger partial charge in [-0.05, 0) is 11.2 Å². The van der Waals surface area contributed by atoms with Crippen LogP contribution in [0.15, 0.2) is 17.4 Å². The van der Waals surface area contributed by atoms with Gasteiger partial charge in [-0.1, -0.05) is 5.46 Å². The Bertz CT molecular complexity index is 264. The summed E-state index contributed by atoms with van der Waals surface area (Å²) in [5.74, 6) is 0. The molecule has 0 unspecified atom stereocenters. The first kappa shape index (κ1) is 6.99. The highest BCUT2D eigenvalue weighted by atomic mass is 16.3. The quantitative estimate of drug-likeness (QED) is 0.361. The maximum Gasteiger partial charge on any atom is 0.145 e. The Morgan fingerprint density at radius 3 is 2.70 bits per heavy atom. The van der Waals surface area contributed by atoms with E-state index in [4.69, 9.17) is 15.7 Å². The zero-order chi connectivity index (χ0) is 7.56. The molecule has 1 aromatic rings. The van der Waals surface area contributed by atoms with E-state index >= 15 is 0 Å². The van der Waals surface area contributed by atoms with Crippen molar-refractivity contribution in [3.8, 4) is 0 Å². The second-order valence-corrected chi connectivity index (χ2v) is 1.76. The normalized spacial score (nSPS) is 9.20. The minimum atomic E-state index is 0.0833. The maximum absolute atomic E-state index is 9.95. The molecule has 0 aliphatic rings. The first-order valence-corrected chi connectivity index (χ1v) is 2.58. The first-order chi connectivity index (χ1) is 4.74.